The Morgan fingerprint density at radius 2 is 2.16 bits per heavy atom. The Hall–Kier alpha value is -0.600. The van der Waals surface area contributed by atoms with Crippen molar-refractivity contribution in [1.29, 1.82) is 0 Å². The molecule has 0 saturated heterocycles. The van der Waals surface area contributed by atoms with Crippen molar-refractivity contribution in [2.24, 2.45) is 11.3 Å². The molecule has 0 amide bonds. The summed E-state index contributed by atoms with van der Waals surface area (Å²) in [7, 11) is 0. The lowest BCUT2D eigenvalue weighted by Gasteiger charge is -2.40. The quantitative estimate of drug-likeness (QED) is 0.717. The van der Waals surface area contributed by atoms with E-state index in [1.54, 1.807) is 12.2 Å². The number of hydrogen-bond acceptors (Lipinski definition) is 2. The van der Waals surface area contributed by atoms with E-state index in [9.17, 15) is 5.11 Å². The highest BCUT2D eigenvalue weighted by atomic mass is 16.3. The topological polar surface area (TPSA) is 40.5 Å². The van der Waals surface area contributed by atoms with Gasteiger partial charge in [-0.2, -0.15) is 0 Å². The third-order valence-corrected chi connectivity index (χ3v) is 4.76. The monoisotopic (exact) mass is 266 g/mol. The maximum atomic E-state index is 10.5. The largest absolute Gasteiger partial charge is 0.392 e. The molecule has 110 valence electrons. The molecule has 1 rings (SSSR count). The Balaban J connectivity index is 2.70. The van der Waals surface area contributed by atoms with Crippen molar-refractivity contribution in [3.63, 3.8) is 0 Å². The second-order valence-electron chi connectivity index (χ2n) is 6.61. The molecule has 2 nitrogen and oxygen atoms in total. The summed E-state index contributed by atoms with van der Waals surface area (Å²) in [6.45, 7) is 8.89. The minimum absolute atomic E-state index is 0.00381. The minimum Gasteiger partial charge on any atom is -0.392 e. The van der Waals surface area contributed by atoms with Gasteiger partial charge < -0.3 is 10.2 Å². The molecule has 0 aromatic rings. The van der Waals surface area contributed by atoms with Gasteiger partial charge in [0.05, 0.1) is 12.2 Å². The highest BCUT2D eigenvalue weighted by molar-refractivity contribution is 5.13. The van der Waals surface area contributed by atoms with Gasteiger partial charge in [0.2, 0.25) is 0 Å². The summed E-state index contributed by atoms with van der Waals surface area (Å²) in [5.41, 5.74) is 1.03. The van der Waals surface area contributed by atoms with E-state index >= 15 is 0 Å². The zero-order valence-electron chi connectivity index (χ0n) is 12.9. The fourth-order valence-corrected chi connectivity index (χ4v) is 3.27. The van der Waals surface area contributed by atoms with Gasteiger partial charge in [0, 0.05) is 0 Å². The van der Waals surface area contributed by atoms with E-state index in [2.05, 4.69) is 26.8 Å². The molecule has 2 heteroatoms. The standard InChI is InChI=1S/C17H30O2/c1-5-17(19,11-7-13-18)12-9-15-14(2)8-6-10-16(15,3)4/h7-8,11,15,18-19H,5-6,9-10,12-13H2,1-4H3/b11-7+. The number of rotatable bonds is 6. The third-order valence-electron chi connectivity index (χ3n) is 4.76. The van der Waals surface area contributed by atoms with Crippen LogP contribution in [0, 0.1) is 11.3 Å². The van der Waals surface area contributed by atoms with Crippen LogP contribution in [0.2, 0.25) is 0 Å². The van der Waals surface area contributed by atoms with Crippen LogP contribution in [0.3, 0.4) is 0 Å². The minimum atomic E-state index is -0.767. The lowest BCUT2D eigenvalue weighted by Crippen LogP contribution is -2.32. The molecule has 0 heterocycles. The SMILES string of the molecule is CCC(O)(/C=C/CO)CCC1C(C)=CCCC1(C)C. The summed E-state index contributed by atoms with van der Waals surface area (Å²) in [5, 5.41) is 19.4. The Morgan fingerprint density at radius 1 is 1.47 bits per heavy atom. The van der Waals surface area contributed by atoms with Crippen molar-refractivity contribution in [2.75, 3.05) is 6.61 Å². The molecule has 2 unspecified atom stereocenters. The van der Waals surface area contributed by atoms with E-state index in [0.29, 0.717) is 17.8 Å². The van der Waals surface area contributed by atoms with Crippen LogP contribution in [0.15, 0.2) is 23.8 Å². The molecule has 0 bridgehead atoms. The van der Waals surface area contributed by atoms with Crippen molar-refractivity contribution < 1.29 is 10.2 Å². The van der Waals surface area contributed by atoms with Gasteiger partial charge in [0.15, 0.2) is 0 Å². The molecule has 0 aliphatic heterocycles. The van der Waals surface area contributed by atoms with Crippen LogP contribution >= 0.6 is 0 Å². The zero-order chi connectivity index (χ0) is 14.5. The summed E-state index contributed by atoms with van der Waals surface area (Å²) < 4.78 is 0. The average molecular weight is 266 g/mol. The van der Waals surface area contributed by atoms with E-state index in [0.717, 1.165) is 12.8 Å². The Bertz CT molecular complexity index is 341. The van der Waals surface area contributed by atoms with Crippen LogP contribution in [-0.4, -0.2) is 22.4 Å². The smallest absolute Gasteiger partial charge is 0.0826 e. The second-order valence-corrected chi connectivity index (χ2v) is 6.61. The summed E-state index contributed by atoms with van der Waals surface area (Å²) in [6, 6.07) is 0. The number of allylic oxidation sites excluding steroid dienone is 2. The van der Waals surface area contributed by atoms with Gasteiger partial charge in [-0.1, -0.05) is 44.6 Å². The van der Waals surface area contributed by atoms with Crippen molar-refractivity contribution in [2.45, 2.75) is 65.4 Å². The van der Waals surface area contributed by atoms with Crippen LogP contribution < -0.4 is 0 Å². The Labute approximate surface area is 118 Å². The zero-order valence-corrected chi connectivity index (χ0v) is 12.9. The van der Waals surface area contributed by atoms with Gasteiger partial charge in [0.1, 0.15) is 0 Å². The molecule has 0 spiro atoms. The fraction of sp³-hybridized carbons (Fsp3) is 0.765. The lowest BCUT2D eigenvalue weighted by molar-refractivity contribution is 0.0609. The average Bonchev–Trinajstić information content (AvgIpc) is 2.35. The Kier molecular flexibility index (Phi) is 5.82. The predicted molar refractivity (Wildman–Crippen MR) is 81.0 cm³/mol. The van der Waals surface area contributed by atoms with E-state index in [1.165, 1.54) is 18.4 Å². The molecule has 1 aliphatic carbocycles. The normalized spacial score (nSPS) is 26.2. The molecule has 1 aliphatic rings. The summed E-state index contributed by atoms with van der Waals surface area (Å²) in [4.78, 5) is 0. The predicted octanol–water partition coefficient (Wildman–Crippen LogP) is 3.84. The molecular formula is C17H30O2. The van der Waals surface area contributed by atoms with Gasteiger partial charge in [-0.05, 0) is 50.4 Å². The van der Waals surface area contributed by atoms with Gasteiger partial charge in [-0.15, -0.1) is 0 Å². The lowest BCUT2D eigenvalue weighted by atomic mass is 9.66. The maximum absolute atomic E-state index is 10.5. The summed E-state index contributed by atoms with van der Waals surface area (Å²) in [5.74, 6) is 0.557. The third kappa shape index (κ3) is 4.47. The first-order valence-electron chi connectivity index (χ1n) is 7.52. The van der Waals surface area contributed by atoms with Crippen LogP contribution in [0.5, 0.6) is 0 Å². The van der Waals surface area contributed by atoms with E-state index in [4.69, 9.17) is 5.11 Å². The van der Waals surface area contributed by atoms with E-state index in [-0.39, 0.29) is 6.61 Å². The first-order valence-corrected chi connectivity index (χ1v) is 7.52. The van der Waals surface area contributed by atoms with Crippen LogP contribution in [-0.2, 0) is 0 Å². The van der Waals surface area contributed by atoms with Gasteiger partial charge >= 0.3 is 0 Å². The van der Waals surface area contributed by atoms with E-state index in [1.807, 2.05) is 6.92 Å². The van der Waals surface area contributed by atoms with Gasteiger partial charge in [-0.25, -0.2) is 0 Å². The molecule has 2 N–H and O–H groups in total. The molecule has 0 aromatic carbocycles. The van der Waals surface area contributed by atoms with Gasteiger partial charge in [0.25, 0.3) is 0 Å². The molecule has 19 heavy (non-hydrogen) atoms. The van der Waals surface area contributed by atoms with Crippen molar-refractivity contribution in [3.05, 3.63) is 23.8 Å². The van der Waals surface area contributed by atoms with Crippen molar-refractivity contribution in [1.82, 2.24) is 0 Å². The molecule has 0 radical (unpaired) electrons. The molecule has 0 saturated carbocycles. The number of aliphatic hydroxyl groups excluding tert-OH is 1. The van der Waals surface area contributed by atoms with Crippen LogP contribution in [0.4, 0.5) is 0 Å². The summed E-state index contributed by atoms with van der Waals surface area (Å²) >= 11 is 0. The highest BCUT2D eigenvalue weighted by Crippen LogP contribution is 2.44. The first kappa shape index (κ1) is 16.5. The maximum Gasteiger partial charge on any atom is 0.0826 e. The number of aliphatic hydroxyl groups is 2. The second kappa shape index (κ2) is 6.71. The Morgan fingerprint density at radius 3 is 2.68 bits per heavy atom. The van der Waals surface area contributed by atoms with E-state index < -0.39 is 5.60 Å². The molecule has 0 aromatic heterocycles. The van der Waals surface area contributed by atoms with Crippen molar-refractivity contribution >= 4 is 0 Å². The molecule has 2 atom stereocenters. The molecular weight excluding hydrogens is 236 g/mol. The van der Waals surface area contributed by atoms with Crippen molar-refractivity contribution in [3.8, 4) is 0 Å². The first-order chi connectivity index (χ1) is 8.84. The van der Waals surface area contributed by atoms with Crippen LogP contribution in [0.25, 0.3) is 0 Å². The number of hydrogen-bond donors (Lipinski definition) is 2. The van der Waals surface area contributed by atoms with Crippen LogP contribution in [0.1, 0.15) is 59.8 Å². The highest BCUT2D eigenvalue weighted by Gasteiger charge is 2.34. The van der Waals surface area contributed by atoms with Gasteiger partial charge in [-0.3, -0.25) is 0 Å². The molecule has 0 fully saturated rings. The fourth-order valence-electron chi connectivity index (χ4n) is 3.27. The summed E-state index contributed by atoms with van der Waals surface area (Å²) in [6.07, 6.45) is 10.6.